The second-order valence-electron chi connectivity index (χ2n) is 5.03. The number of fused-ring (bicyclic) bond motifs is 1. The predicted molar refractivity (Wildman–Crippen MR) is 74.6 cm³/mol. The molecule has 2 aromatic rings. The lowest BCUT2D eigenvalue weighted by Gasteiger charge is -2.22. The van der Waals surface area contributed by atoms with Crippen molar-refractivity contribution in [3.8, 4) is 0 Å². The Morgan fingerprint density at radius 3 is 2.86 bits per heavy atom. The molecule has 1 atom stereocenters. The molecule has 0 saturated heterocycles. The molecule has 6 heteroatoms. The van der Waals surface area contributed by atoms with Gasteiger partial charge >= 0.3 is 0 Å². The highest BCUT2D eigenvalue weighted by Crippen LogP contribution is 2.31. The number of amides is 1. The van der Waals surface area contributed by atoms with Crippen molar-refractivity contribution in [1.29, 1.82) is 0 Å². The van der Waals surface area contributed by atoms with Crippen molar-refractivity contribution in [3.63, 3.8) is 0 Å². The van der Waals surface area contributed by atoms with E-state index in [9.17, 15) is 14.4 Å². The van der Waals surface area contributed by atoms with Crippen LogP contribution >= 0.6 is 0 Å². The van der Waals surface area contributed by atoms with Crippen LogP contribution in [0.4, 0.5) is 0 Å². The maximum Gasteiger partial charge on any atom is 0.261 e. The maximum absolute atomic E-state index is 12.3. The maximum atomic E-state index is 12.3. The topological polar surface area (TPSA) is 92.2 Å². The normalized spacial score (nSPS) is 17.4. The van der Waals surface area contributed by atoms with E-state index in [2.05, 4.69) is 10.3 Å². The van der Waals surface area contributed by atoms with Gasteiger partial charge in [-0.1, -0.05) is 0 Å². The third-order valence-corrected chi connectivity index (χ3v) is 3.72. The first-order valence-corrected chi connectivity index (χ1v) is 6.65. The molecule has 0 saturated carbocycles. The number of rotatable bonds is 2. The van der Waals surface area contributed by atoms with Crippen LogP contribution in [0.3, 0.4) is 0 Å². The van der Waals surface area contributed by atoms with Gasteiger partial charge in [0.1, 0.15) is 11.3 Å². The quantitative estimate of drug-likeness (QED) is 0.868. The standard InChI is InChI=1S/C15H14N2O4/c1-16-14(19)10-7-9-11(17-15(10)20)5-8(6-12(9)18)13-3-2-4-21-13/h2-4,7-8H,5-6H2,1H3,(H,16,19)(H,17,20). The molecule has 1 aliphatic carbocycles. The molecule has 1 unspecified atom stereocenters. The summed E-state index contributed by atoms with van der Waals surface area (Å²) < 4.78 is 5.34. The Morgan fingerprint density at radius 2 is 2.19 bits per heavy atom. The summed E-state index contributed by atoms with van der Waals surface area (Å²) >= 11 is 0. The number of nitrogens with one attached hydrogen (secondary N) is 2. The van der Waals surface area contributed by atoms with E-state index in [-0.39, 0.29) is 17.3 Å². The van der Waals surface area contributed by atoms with E-state index in [4.69, 9.17) is 4.42 Å². The fourth-order valence-corrected chi connectivity index (χ4v) is 2.66. The first kappa shape index (κ1) is 13.4. The number of pyridine rings is 1. The van der Waals surface area contributed by atoms with E-state index in [0.29, 0.717) is 24.1 Å². The molecule has 21 heavy (non-hydrogen) atoms. The first-order chi connectivity index (χ1) is 10.1. The number of ketones is 1. The molecule has 0 radical (unpaired) electrons. The van der Waals surface area contributed by atoms with Gasteiger partial charge in [0, 0.05) is 30.6 Å². The number of Topliss-reactive ketones (excluding diaryl/α,β-unsaturated/α-hetero) is 1. The molecule has 6 nitrogen and oxygen atoms in total. The minimum absolute atomic E-state index is 0.0407. The van der Waals surface area contributed by atoms with Gasteiger partial charge in [-0.15, -0.1) is 0 Å². The molecule has 0 aromatic carbocycles. The zero-order chi connectivity index (χ0) is 15.0. The van der Waals surface area contributed by atoms with Crippen LogP contribution in [0.15, 0.2) is 33.7 Å². The van der Waals surface area contributed by atoms with Crippen molar-refractivity contribution in [3.05, 3.63) is 57.4 Å². The molecule has 3 rings (SSSR count). The van der Waals surface area contributed by atoms with Crippen LogP contribution in [-0.2, 0) is 6.42 Å². The SMILES string of the molecule is CNC(=O)c1cc2c([nH]c1=O)CC(c1ccco1)CC2=O. The molecule has 108 valence electrons. The second kappa shape index (κ2) is 5.05. The number of carbonyl (C=O) groups is 2. The molecule has 2 aromatic heterocycles. The minimum Gasteiger partial charge on any atom is -0.469 e. The predicted octanol–water partition coefficient (Wildman–Crippen LogP) is 1.24. The van der Waals surface area contributed by atoms with Gasteiger partial charge in [0.05, 0.1) is 6.26 Å². The van der Waals surface area contributed by atoms with Crippen LogP contribution in [0.5, 0.6) is 0 Å². The molecule has 0 spiro atoms. The third-order valence-electron chi connectivity index (χ3n) is 3.72. The minimum atomic E-state index is -0.500. The molecule has 0 aliphatic heterocycles. The lowest BCUT2D eigenvalue weighted by atomic mass is 9.84. The van der Waals surface area contributed by atoms with Crippen molar-refractivity contribution in [2.45, 2.75) is 18.8 Å². The van der Waals surface area contributed by atoms with Gasteiger partial charge in [0.25, 0.3) is 11.5 Å². The summed E-state index contributed by atoms with van der Waals surface area (Å²) in [6, 6.07) is 4.97. The first-order valence-electron chi connectivity index (χ1n) is 6.65. The van der Waals surface area contributed by atoms with Gasteiger partial charge in [0.15, 0.2) is 5.78 Å². The Balaban J connectivity index is 2.03. The fourth-order valence-electron chi connectivity index (χ4n) is 2.66. The smallest absolute Gasteiger partial charge is 0.261 e. The molecule has 0 bridgehead atoms. The highest BCUT2D eigenvalue weighted by molar-refractivity contribution is 6.02. The van der Waals surface area contributed by atoms with Crippen LogP contribution in [0.2, 0.25) is 0 Å². The Labute approximate surface area is 120 Å². The van der Waals surface area contributed by atoms with Gasteiger partial charge in [-0.05, 0) is 24.6 Å². The van der Waals surface area contributed by atoms with Gasteiger partial charge in [-0.25, -0.2) is 0 Å². The van der Waals surface area contributed by atoms with E-state index < -0.39 is 11.5 Å². The van der Waals surface area contributed by atoms with Crippen LogP contribution in [0, 0.1) is 0 Å². The van der Waals surface area contributed by atoms with Gasteiger partial charge in [-0.3, -0.25) is 14.4 Å². The Hall–Kier alpha value is -2.63. The van der Waals surface area contributed by atoms with Crippen LogP contribution in [0.25, 0.3) is 0 Å². The number of carbonyl (C=O) groups excluding carboxylic acids is 2. The van der Waals surface area contributed by atoms with Gasteiger partial charge < -0.3 is 14.7 Å². The molecule has 1 aliphatic rings. The summed E-state index contributed by atoms with van der Waals surface area (Å²) in [6.07, 6.45) is 2.38. The zero-order valence-electron chi connectivity index (χ0n) is 11.4. The number of aromatic amines is 1. The van der Waals surface area contributed by atoms with Crippen molar-refractivity contribution in [1.82, 2.24) is 10.3 Å². The fraction of sp³-hybridized carbons (Fsp3) is 0.267. The number of hydrogen-bond donors (Lipinski definition) is 2. The van der Waals surface area contributed by atoms with E-state index in [1.165, 1.54) is 13.1 Å². The summed E-state index contributed by atoms with van der Waals surface area (Å²) in [4.78, 5) is 38.5. The number of aromatic nitrogens is 1. The van der Waals surface area contributed by atoms with Gasteiger partial charge in [0.2, 0.25) is 0 Å². The molecule has 0 fully saturated rings. The van der Waals surface area contributed by atoms with E-state index in [1.807, 2.05) is 6.07 Å². The zero-order valence-corrected chi connectivity index (χ0v) is 11.4. The second-order valence-corrected chi connectivity index (χ2v) is 5.03. The van der Waals surface area contributed by atoms with E-state index >= 15 is 0 Å². The molecular weight excluding hydrogens is 272 g/mol. The highest BCUT2D eigenvalue weighted by atomic mass is 16.3. The summed E-state index contributed by atoms with van der Waals surface area (Å²) in [5.74, 6) is 0.0470. The summed E-state index contributed by atoms with van der Waals surface area (Å²) in [5, 5.41) is 2.39. The number of furan rings is 1. The van der Waals surface area contributed by atoms with Gasteiger partial charge in [-0.2, -0.15) is 0 Å². The van der Waals surface area contributed by atoms with Crippen molar-refractivity contribution in [2.24, 2.45) is 0 Å². The molecule has 2 N–H and O–H groups in total. The molecule has 2 heterocycles. The van der Waals surface area contributed by atoms with E-state index in [1.54, 1.807) is 12.3 Å². The molecular formula is C15H14N2O4. The number of H-pyrrole nitrogens is 1. The summed E-state index contributed by atoms with van der Waals surface area (Å²) in [5.41, 5.74) is 0.448. The van der Waals surface area contributed by atoms with Crippen LogP contribution < -0.4 is 10.9 Å². The summed E-state index contributed by atoms with van der Waals surface area (Å²) in [6.45, 7) is 0. The lowest BCUT2D eigenvalue weighted by molar-refractivity contribution is 0.0958. The largest absolute Gasteiger partial charge is 0.469 e. The van der Waals surface area contributed by atoms with E-state index in [0.717, 1.165) is 5.76 Å². The van der Waals surface area contributed by atoms with Crippen molar-refractivity contribution < 1.29 is 14.0 Å². The molecule has 1 amide bonds. The average molecular weight is 286 g/mol. The Kier molecular flexibility index (Phi) is 3.21. The Bertz CT molecular complexity index is 758. The summed E-state index contributed by atoms with van der Waals surface area (Å²) in [7, 11) is 1.44. The monoisotopic (exact) mass is 286 g/mol. The van der Waals surface area contributed by atoms with Crippen LogP contribution in [0.1, 0.15) is 44.5 Å². The highest BCUT2D eigenvalue weighted by Gasteiger charge is 2.29. The third kappa shape index (κ3) is 2.29. The lowest BCUT2D eigenvalue weighted by Crippen LogP contribution is -2.31. The Morgan fingerprint density at radius 1 is 1.38 bits per heavy atom. The van der Waals surface area contributed by atoms with Crippen LogP contribution in [-0.4, -0.2) is 23.7 Å². The van der Waals surface area contributed by atoms with Crippen molar-refractivity contribution in [2.75, 3.05) is 7.05 Å². The average Bonchev–Trinajstić information content (AvgIpc) is 3.00. The van der Waals surface area contributed by atoms with Crippen molar-refractivity contribution >= 4 is 11.7 Å². The number of hydrogen-bond acceptors (Lipinski definition) is 4.